The second-order valence-corrected chi connectivity index (χ2v) is 16.5. The van der Waals surface area contributed by atoms with Crippen LogP contribution in [0.4, 0.5) is 29.7 Å². The van der Waals surface area contributed by atoms with Gasteiger partial charge in [-0.2, -0.15) is 0 Å². The van der Waals surface area contributed by atoms with E-state index in [1.54, 1.807) is 41.5 Å². The first-order valence-corrected chi connectivity index (χ1v) is 18.7. The Morgan fingerprint density at radius 1 is 1.08 bits per heavy atom. The largest absolute Gasteiger partial charge is 0.494 e. The first-order valence-electron chi connectivity index (χ1n) is 16.8. The van der Waals surface area contributed by atoms with Gasteiger partial charge in [0.15, 0.2) is 15.7 Å². The zero-order valence-electron chi connectivity index (χ0n) is 30.7. The topological polar surface area (TPSA) is 119 Å². The minimum absolute atomic E-state index is 0.0906. The molecule has 2 atom stereocenters. The molecule has 0 spiro atoms. The fourth-order valence-electron chi connectivity index (χ4n) is 5.68. The lowest BCUT2D eigenvalue weighted by molar-refractivity contribution is 0.0125. The second-order valence-electron chi connectivity index (χ2n) is 14.5. The molecule has 0 aliphatic carbocycles. The number of alkyl halides is 1. The Hall–Kier alpha value is -4.51. The number of amides is 2. The Bertz CT molecular complexity index is 1940. The van der Waals surface area contributed by atoms with Gasteiger partial charge in [-0.05, 0) is 84.6 Å². The van der Waals surface area contributed by atoms with Crippen molar-refractivity contribution in [3.8, 4) is 17.6 Å². The standard InChI is InChI=1S/C37H48F2N4O7S/c1-10-17-42-24(13-12-18-43(35(45)50-37(5,6)7)33-27(38)21-25(51(9,46)47)22-32(33)48-8)20-26-29(14-11-15-31(26)42)40-30-16-19-41(23-28(30)39)34(44)49-36(2,3)4/h11,14-15,20-22,28,30,40H,10,16-19,23H2,1-9H3/t28-,30+/m1/s1. The molecule has 1 aromatic heterocycles. The van der Waals surface area contributed by atoms with Gasteiger partial charge in [-0.25, -0.2) is 26.8 Å². The van der Waals surface area contributed by atoms with E-state index in [0.717, 1.165) is 40.6 Å². The van der Waals surface area contributed by atoms with E-state index in [1.807, 2.05) is 35.8 Å². The summed E-state index contributed by atoms with van der Waals surface area (Å²) in [5.74, 6) is 4.92. The Labute approximate surface area is 299 Å². The van der Waals surface area contributed by atoms with Gasteiger partial charge < -0.3 is 29.0 Å². The van der Waals surface area contributed by atoms with Crippen LogP contribution in [-0.2, 0) is 25.9 Å². The van der Waals surface area contributed by atoms with Gasteiger partial charge in [0, 0.05) is 36.5 Å². The fourth-order valence-corrected chi connectivity index (χ4v) is 6.32. The van der Waals surface area contributed by atoms with Gasteiger partial charge in [-0.1, -0.05) is 18.9 Å². The van der Waals surface area contributed by atoms with Crippen LogP contribution in [0.25, 0.3) is 10.9 Å². The van der Waals surface area contributed by atoms with Crippen LogP contribution in [-0.4, -0.2) is 86.5 Å². The highest BCUT2D eigenvalue weighted by atomic mass is 32.2. The summed E-state index contributed by atoms with van der Waals surface area (Å²) in [5.41, 5.74) is 0.260. The molecule has 0 unspecified atom stereocenters. The number of carbonyl (C=O) groups excluding carboxylic acids is 2. The molecule has 4 rings (SSSR count). The van der Waals surface area contributed by atoms with Gasteiger partial charge >= 0.3 is 12.2 Å². The number of aromatic nitrogens is 1. The predicted molar refractivity (Wildman–Crippen MR) is 193 cm³/mol. The highest BCUT2D eigenvalue weighted by molar-refractivity contribution is 7.90. The molecule has 2 aromatic carbocycles. The van der Waals surface area contributed by atoms with Crippen molar-refractivity contribution in [2.45, 2.75) is 96.2 Å². The lowest BCUT2D eigenvalue weighted by atomic mass is 10.0. The predicted octanol–water partition coefficient (Wildman–Crippen LogP) is 7.16. The molecule has 1 saturated heterocycles. The highest BCUT2D eigenvalue weighted by Gasteiger charge is 2.34. The van der Waals surface area contributed by atoms with E-state index < -0.39 is 51.3 Å². The molecule has 2 amide bonds. The Balaban J connectivity index is 1.67. The van der Waals surface area contributed by atoms with Crippen molar-refractivity contribution in [1.82, 2.24) is 9.47 Å². The zero-order chi connectivity index (χ0) is 37.9. The number of anilines is 2. The summed E-state index contributed by atoms with van der Waals surface area (Å²) in [6.45, 7) is 12.9. The number of fused-ring (bicyclic) bond motifs is 1. The smallest absolute Gasteiger partial charge is 0.415 e. The van der Waals surface area contributed by atoms with Crippen LogP contribution in [0.2, 0.25) is 0 Å². The van der Waals surface area contributed by atoms with Crippen LogP contribution in [0.3, 0.4) is 0 Å². The summed E-state index contributed by atoms with van der Waals surface area (Å²) in [6, 6.07) is 8.99. The van der Waals surface area contributed by atoms with Gasteiger partial charge in [0.1, 0.15) is 28.8 Å². The summed E-state index contributed by atoms with van der Waals surface area (Å²) < 4.78 is 73.8. The lowest BCUT2D eigenvalue weighted by Gasteiger charge is -2.36. The lowest BCUT2D eigenvalue weighted by Crippen LogP contribution is -2.51. The van der Waals surface area contributed by atoms with E-state index in [0.29, 0.717) is 30.9 Å². The van der Waals surface area contributed by atoms with Crippen molar-refractivity contribution in [2.75, 3.05) is 43.2 Å². The van der Waals surface area contributed by atoms with Gasteiger partial charge in [-0.15, -0.1) is 0 Å². The molecule has 1 aliphatic heterocycles. The Morgan fingerprint density at radius 2 is 1.76 bits per heavy atom. The maximum Gasteiger partial charge on any atom is 0.415 e. The number of ether oxygens (including phenoxy) is 3. The number of nitrogens with one attached hydrogen (secondary N) is 1. The van der Waals surface area contributed by atoms with Crippen molar-refractivity contribution in [2.24, 2.45) is 0 Å². The quantitative estimate of drug-likeness (QED) is 0.243. The first kappa shape index (κ1) is 39.3. The number of hydrogen-bond acceptors (Lipinski definition) is 8. The van der Waals surface area contributed by atoms with Crippen molar-refractivity contribution in [3.63, 3.8) is 0 Å². The van der Waals surface area contributed by atoms with Crippen LogP contribution < -0.4 is 15.0 Å². The summed E-state index contributed by atoms with van der Waals surface area (Å²) in [6.07, 6.45) is -0.667. The molecule has 3 aromatic rings. The second kappa shape index (κ2) is 15.4. The number of hydrogen-bond donors (Lipinski definition) is 1. The van der Waals surface area contributed by atoms with Crippen molar-refractivity contribution >= 4 is 44.3 Å². The SMILES string of the molecule is CCCn1c(C#CCN(C(=O)OC(C)(C)C)c2c(F)cc(S(C)(=O)=O)cc2OC)cc2c(N[C@H]3CCN(C(=O)OC(C)(C)C)C[C@H]3F)cccc21. The minimum Gasteiger partial charge on any atom is -0.494 e. The van der Waals surface area contributed by atoms with E-state index in [1.165, 1.54) is 12.0 Å². The average Bonchev–Trinajstić information content (AvgIpc) is 3.36. The average molecular weight is 731 g/mol. The van der Waals surface area contributed by atoms with Gasteiger partial charge in [0.05, 0.1) is 42.3 Å². The number of piperidine rings is 1. The van der Waals surface area contributed by atoms with Gasteiger partial charge in [-0.3, -0.25) is 4.90 Å². The first-order chi connectivity index (χ1) is 23.7. The number of nitrogens with zero attached hydrogens (tertiary/aromatic N) is 3. The number of sulfone groups is 1. The molecule has 1 N–H and O–H groups in total. The zero-order valence-corrected chi connectivity index (χ0v) is 31.5. The van der Waals surface area contributed by atoms with Crippen LogP contribution in [0.15, 0.2) is 41.3 Å². The Kier molecular flexibility index (Phi) is 11.9. The van der Waals surface area contributed by atoms with Crippen LogP contribution in [0.1, 0.15) is 67.0 Å². The van der Waals surface area contributed by atoms with E-state index in [9.17, 15) is 18.0 Å². The van der Waals surface area contributed by atoms with E-state index in [2.05, 4.69) is 17.2 Å². The number of benzene rings is 2. The van der Waals surface area contributed by atoms with Crippen molar-refractivity contribution < 1.29 is 41.0 Å². The number of aryl methyl sites for hydroxylation is 1. The summed E-state index contributed by atoms with van der Waals surface area (Å²) in [5, 5.41) is 4.16. The third kappa shape index (κ3) is 9.84. The minimum atomic E-state index is -3.79. The van der Waals surface area contributed by atoms with Crippen LogP contribution in [0.5, 0.6) is 5.75 Å². The Morgan fingerprint density at radius 3 is 2.35 bits per heavy atom. The molecular weight excluding hydrogens is 682 g/mol. The molecule has 278 valence electrons. The van der Waals surface area contributed by atoms with E-state index in [-0.39, 0.29) is 29.4 Å². The normalized spacial score (nSPS) is 16.6. The number of halogens is 2. The van der Waals surface area contributed by atoms with Gasteiger partial charge in [0.25, 0.3) is 0 Å². The highest BCUT2D eigenvalue weighted by Crippen LogP contribution is 2.35. The molecular formula is C37H48F2N4O7S. The maximum atomic E-state index is 15.6. The third-order valence-corrected chi connectivity index (χ3v) is 9.01. The molecule has 51 heavy (non-hydrogen) atoms. The molecule has 0 bridgehead atoms. The van der Waals surface area contributed by atoms with Crippen LogP contribution in [0, 0.1) is 17.7 Å². The van der Waals surface area contributed by atoms with E-state index in [4.69, 9.17) is 14.2 Å². The number of methoxy groups -OCH3 is 1. The molecule has 0 saturated carbocycles. The number of carbonyl (C=O) groups is 2. The van der Waals surface area contributed by atoms with Crippen molar-refractivity contribution in [1.29, 1.82) is 0 Å². The number of likely N-dealkylation sites (tertiary alicyclic amines) is 1. The molecule has 2 heterocycles. The summed E-state index contributed by atoms with van der Waals surface area (Å²) in [7, 11) is -2.54. The molecule has 0 radical (unpaired) electrons. The van der Waals surface area contributed by atoms with Gasteiger partial charge in [0.2, 0.25) is 0 Å². The van der Waals surface area contributed by atoms with Crippen molar-refractivity contribution in [3.05, 3.63) is 47.9 Å². The molecule has 1 fully saturated rings. The number of rotatable bonds is 8. The fraction of sp³-hybridized carbons (Fsp3) is 0.514. The van der Waals surface area contributed by atoms with E-state index >= 15 is 8.78 Å². The third-order valence-electron chi connectivity index (χ3n) is 7.91. The van der Waals surface area contributed by atoms with Crippen LogP contribution >= 0.6 is 0 Å². The summed E-state index contributed by atoms with van der Waals surface area (Å²) in [4.78, 5) is 28.0. The molecule has 1 aliphatic rings. The molecule has 11 nitrogen and oxygen atoms in total. The maximum absolute atomic E-state index is 15.6. The monoisotopic (exact) mass is 730 g/mol. The molecule has 14 heteroatoms. The summed E-state index contributed by atoms with van der Waals surface area (Å²) >= 11 is 0.